The van der Waals surface area contributed by atoms with Gasteiger partial charge in [-0.25, -0.2) is 9.48 Å². The van der Waals surface area contributed by atoms with Gasteiger partial charge in [0.15, 0.2) is 11.6 Å². The number of rotatable bonds is 7. The summed E-state index contributed by atoms with van der Waals surface area (Å²) >= 11 is 0. The van der Waals surface area contributed by atoms with E-state index in [2.05, 4.69) is 17.0 Å². The fraction of sp³-hybridized carbons (Fsp3) is 0.393. The lowest BCUT2D eigenvalue weighted by atomic mass is 9.82. The van der Waals surface area contributed by atoms with Gasteiger partial charge in [-0.05, 0) is 76.6 Å². The first-order valence-electron chi connectivity index (χ1n) is 12.4. The van der Waals surface area contributed by atoms with E-state index >= 15 is 0 Å². The average Bonchev–Trinajstić information content (AvgIpc) is 3.29. The molecular weight excluding hydrogens is 456 g/mol. The van der Waals surface area contributed by atoms with Gasteiger partial charge in [0, 0.05) is 35.5 Å². The molecule has 1 N–H and O–H groups in total. The lowest BCUT2D eigenvalue weighted by Gasteiger charge is -2.32. The number of hydrogen-bond acceptors (Lipinski definition) is 5. The highest BCUT2D eigenvalue weighted by atomic mass is 16.4. The number of ketones is 1. The van der Waals surface area contributed by atoms with Crippen LogP contribution in [0.2, 0.25) is 0 Å². The number of carbonyl (C=O) groups is 3. The van der Waals surface area contributed by atoms with Crippen molar-refractivity contribution in [3.8, 4) is 16.9 Å². The topological polar surface area (TPSA) is 105 Å². The van der Waals surface area contributed by atoms with E-state index in [1.165, 1.54) is 17.8 Å². The van der Waals surface area contributed by atoms with Crippen molar-refractivity contribution in [1.82, 2.24) is 14.8 Å². The predicted molar refractivity (Wildman–Crippen MR) is 138 cm³/mol. The van der Waals surface area contributed by atoms with Crippen LogP contribution in [0.15, 0.2) is 48.8 Å². The molecule has 0 saturated heterocycles. The number of anilines is 1. The number of benzene rings is 1. The van der Waals surface area contributed by atoms with E-state index in [-0.39, 0.29) is 35.0 Å². The van der Waals surface area contributed by atoms with E-state index in [4.69, 9.17) is 0 Å². The number of aromatic nitrogens is 3. The summed E-state index contributed by atoms with van der Waals surface area (Å²) in [7, 11) is 0. The smallest absolute Gasteiger partial charge is 0.341 e. The number of hydrogen-bond donors (Lipinski definition) is 1. The van der Waals surface area contributed by atoms with Gasteiger partial charge in [-0.3, -0.25) is 19.5 Å². The molecule has 2 heterocycles. The Bertz CT molecular complexity index is 1250. The molecule has 1 aromatic carbocycles. The van der Waals surface area contributed by atoms with Crippen LogP contribution in [0, 0.1) is 11.8 Å². The maximum absolute atomic E-state index is 13.5. The fourth-order valence-electron chi connectivity index (χ4n) is 4.69. The number of pyridine rings is 1. The molecular formula is C28H32N4O4. The van der Waals surface area contributed by atoms with Crippen LogP contribution in [0.1, 0.15) is 74.1 Å². The first kappa shape index (κ1) is 25.3. The number of aromatic carboxylic acids is 1. The SMILES string of the molecule is CC(=O)c1ccc(-c2ccc(-n3cc(C(=O)O)c(N(C(=O)[C@H]4CC[C@H](C)CC4)C(C)C)n3)cc2)nc1. The highest BCUT2D eigenvalue weighted by Crippen LogP contribution is 2.33. The Morgan fingerprint density at radius 3 is 2.22 bits per heavy atom. The first-order chi connectivity index (χ1) is 17.2. The molecule has 0 unspecified atom stereocenters. The monoisotopic (exact) mass is 488 g/mol. The molecule has 188 valence electrons. The quantitative estimate of drug-likeness (QED) is 0.446. The lowest BCUT2D eigenvalue weighted by Crippen LogP contribution is -2.43. The normalized spacial score (nSPS) is 17.7. The van der Waals surface area contributed by atoms with Gasteiger partial charge in [-0.1, -0.05) is 19.1 Å². The molecule has 0 atom stereocenters. The number of carbonyl (C=O) groups excluding carboxylic acids is 2. The molecule has 4 rings (SSSR count). The lowest BCUT2D eigenvalue weighted by molar-refractivity contribution is -0.124. The summed E-state index contributed by atoms with van der Waals surface area (Å²) in [5, 5.41) is 14.5. The minimum Gasteiger partial charge on any atom is -0.477 e. The Balaban J connectivity index is 1.64. The minimum absolute atomic E-state index is 0.00760. The molecule has 1 saturated carbocycles. The van der Waals surface area contributed by atoms with E-state index in [0.29, 0.717) is 17.2 Å². The number of carboxylic acid groups (broad SMARTS) is 1. The molecule has 1 aliphatic carbocycles. The molecule has 0 aliphatic heterocycles. The Kier molecular flexibility index (Phi) is 7.33. The van der Waals surface area contributed by atoms with Crippen LogP contribution in [0.3, 0.4) is 0 Å². The molecule has 1 aliphatic rings. The van der Waals surface area contributed by atoms with Crippen molar-refractivity contribution in [1.29, 1.82) is 0 Å². The molecule has 1 fully saturated rings. The highest BCUT2D eigenvalue weighted by Gasteiger charge is 2.34. The van der Waals surface area contributed by atoms with Crippen LogP contribution >= 0.6 is 0 Å². The van der Waals surface area contributed by atoms with Gasteiger partial charge in [-0.15, -0.1) is 5.10 Å². The second kappa shape index (κ2) is 10.4. The second-order valence-electron chi connectivity index (χ2n) is 9.91. The van der Waals surface area contributed by atoms with E-state index < -0.39 is 5.97 Å². The van der Waals surface area contributed by atoms with Crippen molar-refractivity contribution in [3.63, 3.8) is 0 Å². The molecule has 1 amide bonds. The third-order valence-electron chi connectivity index (χ3n) is 6.87. The highest BCUT2D eigenvalue weighted by molar-refractivity contribution is 6.01. The number of Topliss-reactive ketones (excluding diaryl/α,β-unsaturated/α-hetero) is 1. The van der Waals surface area contributed by atoms with Crippen molar-refractivity contribution in [2.24, 2.45) is 11.8 Å². The van der Waals surface area contributed by atoms with Crippen LogP contribution in [-0.4, -0.2) is 43.6 Å². The Morgan fingerprint density at radius 1 is 1.03 bits per heavy atom. The van der Waals surface area contributed by atoms with Gasteiger partial charge in [0.2, 0.25) is 5.91 Å². The Morgan fingerprint density at radius 2 is 1.69 bits per heavy atom. The molecule has 8 nitrogen and oxygen atoms in total. The van der Waals surface area contributed by atoms with Gasteiger partial charge in [0.1, 0.15) is 5.56 Å². The zero-order chi connectivity index (χ0) is 26.0. The summed E-state index contributed by atoms with van der Waals surface area (Å²) in [5.74, 6) is -0.553. The number of carboxylic acids is 1. The number of nitrogens with zero attached hydrogens (tertiary/aromatic N) is 4. The van der Waals surface area contributed by atoms with Gasteiger partial charge >= 0.3 is 5.97 Å². The van der Waals surface area contributed by atoms with Crippen LogP contribution in [0.4, 0.5) is 5.82 Å². The summed E-state index contributed by atoms with van der Waals surface area (Å²) < 4.78 is 1.50. The van der Waals surface area contributed by atoms with Gasteiger partial charge in [0.05, 0.1) is 11.4 Å². The maximum atomic E-state index is 13.5. The van der Waals surface area contributed by atoms with Gasteiger partial charge < -0.3 is 5.11 Å². The summed E-state index contributed by atoms with van der Waals surface area (Å²) in [6.45, 7) is 7.47. The zero-order valence-electron chi connectivity index (χ0n) is 21.1. The molecule has 36 heavy (non-hydrogen) atoms. The Labute approximate surface area is 211 Å². The molecule has 3 aromatic rings. The van der Waals surface area contributed by atoms with Gasteiger partial charge in [0.25, 0.3) is 0 Å². The van der Waals surface area contributed by atoms with Crippen molar-refractivity contribution < 1.29 is 19.5 Å². The van der Waals surface area contributed by atoms with Crippen molar-refractivity contribution in [2.45, 2.75) is 59.4 Å². The zero-order valence-corrected chi connectivity index (χ0v) is 21.1. The van der Waals surface area contributed by atoms with Crippen molar-refractivity contribution >= 4 is 23.5 Å². The fourth-order valence-corrected chi connectivity index (χ4v) is 4.69. The average molecular weight is 489 g/mol. The predicted octanol–water partition coefficient (Wildman–Crippen LogP) is 5.40. The largest absolute Gasteiger partial charge is 0.477 e. The van der Waals surface area contributed by atoms with Crippen LogP contribution in [0.5, 0.6) is 0 Å². The number of amides is 1. The maximum Gasteiger partial charge on any atom is 0.341 e. The van der Waals surface area contributed by atoms with E-state index in [0.717, 1.165) is 36.9 Å². The van der Waals surface area contributed by atoms with E-state index in [9.17, 15) is 19.5 Å². The minimum atomic E-state index is -1.13. The van der Waals surface area contributed by atoms with E-state index in [1.54, 1.807) is 23.2 Å². The summed E-state index contributed by atoms with van der Waals surface area (Å²) in [4.78, 5) is 43.0. The second-order valence-corrected chi connectivity index (χ2v) is 9.91. The molecule has 0 spiro atoms. The summed E-state index contributed by atoms with van der Waals surface area (Å²) in [6, 6.07) is 10.7. The van der Waals surface area contributed by atoms with Gasteiger partial charge in [-0.2, -0.15) is 0 Å². The standard InChI is InChI=1S/C28H32N4O4/c1-17(2)32(27(34)21-7-5-18(3)6-8-21)26-24(28(35)36)16-31(30-26)23-12-9-20(10-13-23)25-14-11-22(15-29-25)19(4)33/h9-18,21H,5-8H2,1-4H3,(H,35,36)/t18-,21-. The van der Waals surface area contributed by atoms with E-state index in [1.807, 2.05) is 38.1 Å². The first-order valence-corrected chi connectivity index (χ1v) is 12.4. The molecule has 8 heteroatoms. The van der Waals surface area contributed by atoms with Crippen molar-refractivity contribution in [2.75, 3.05) is 4.90 Å². The summed E-state index contributed by atoms with van der Waals surface area (Å²) in [6.07, 6.45) is 6.64. The van der Waals surface area contributed by atoms with Crippen LogP contribution in [0.25, 0.3) is 16.9 Å². The van der Waals surface area contributed by atoms with Crippen LogP contribution in [-0.2, 0) is 4.79 Å². The third kappa shape index (κ3) is 5.22. The molecule has 2 aromatic heterocycles. The molecule has 0 radical (unpaired) electrons. The third-order valence-corrected chi connectivity index (χ3v) is 6.87. The Hall–Kier alpha value is -3.81. The van der Waals surface area contributed by atoms with Crippen LogP contribution < -0.4 is 4.90 Å². The molecule has 0 bridgehead atoms. The summed E-state index contributed by atoms with van der Waals surface area (Å²) in [5.41, 5.74) is 2.78. The van der Waals surface area contributed by atoms with Crippen molar-refractivity contribution in [3.05, 3.63) is 59.9 Å².